The molecule has 5 rings (SSSR count). The van der Waals surface area contributed by atoms with Crippen LogP contribution >= 0.6 is 0 Å². The lowest BCUT2D eigenvalue weighted by atomic mass is 9.86. The number of hydrogen-bond acceptors (Lipinski definition) is 5. The number of rotatable bonds is 7. The third kappa shape index (κ3) is 6.24. The van der Waals surface area contributed by atoms with Gasteiger partial charge in [0.05, 0.1) is 5.69 Å². The Labute approximate surface area is 215 Å². The Morgan fingerprint density at radius 3 is 2.42 bits per heavy atom. The zero-order chi connectivity index (χ0) is 24.7. The van der Waals surface area contributed by atoms with Gasteiger partial charge in [0.2, 0.25) is 5.91 Å². The number of pyridine rings is 1. The first kappa shape index (κ1) is 25.2. The Hall–Kier alpha value is -2.51. The third-order valence-corrected chi connectivity index (χ3v) is 8.35. The van der Waals surface area contributed by atoms with Crippen molar-refractivity contribution >= 4 is 11.6 Å². The molecular weight excluding hydrogens is 453 g/mol. The molecule has 0 radical (unpaired) electrons. The number of benzene rings is 1. The maximum Gasteiger partial charge on any atom is 0.222 e. The lowest BCUT2D eigenvalue weighted by Gasteiger charge is -2.47. The van der Waals surface area contributed by atoms with Gasteiger partial charge in [0.15, 0.2) is 0 Å². The highest BCUT2D eigenvalue weighted by atomic mass is 19.1. The molecule has 4 heterocycles. The summed E-state index contributed by atoms with van der Waals surface area (Å²) in [6.45, 7) is 8.46. The van der Waals surface area contributed by atoms with Crippen molar-refractivity contribution in [3.8, 4) is 0 Å². The SMILES string of the molecule is O=C(CC[C@H]1CN(Cc2ccncc2)CC[C@H]1N1CCN(c2ccccc2F)CC1)N1CCCCC1. The Morgan fingerprint density at radius 2 is 1.67 bits per heavy atom. The van der Waals surface area contributed by atoms with Crippen molar-refractivity contribution in [2.24, 2.45) is 5.92 Å². The fourth-order valence-corrected chi connectivity index (χ4v) is 6.36. The molecule has 3 saturated heterocycles. The molecule has 0 spiro atoms. The molecule has 0 saturated carbocycles. The zero-order valence-electron chi connectivity index (χ0n) is 21.4. The summed E-state index contributed by atoms with van der Waals surface area (Å²) in [6.07, 6.45) is 9.98. The molecule has 0 aliphatic carbocycles. The molecule has 194 valence electrons. The summed E-state index contributed by atoms with van der Waals surface area (Å²) in [5.41, 5.74) is 2.01. The quantitative estimate of drug-likeness (QED) is 0.583. The molecule has 1 aromatic heterocycles. The van der Waals surface area contributed by atoms with Gasteiger partial charge in [-0.05, 0) is 74.4 Å². The zero-order valence-corrected chi connectivity index (χ0v) is 21.4. The molecule has 7 heteroatoms. The minimum atomic E-state index is -0.135. The van der Waals surface area contributed by atoms with Crippen LogP contribution in [-0.4, -0.2) is 84.0 Å². The van der Waals surface area contributed by atoms with E-state index in [4.69, 9.17) is 0 Å². The number of nitrogens with zero attached hydrogens (tertiary/aromatic N) is 5. The fraction of sp³-hybridized carbons (Fsp3) is 0.586. The highest BCUT2D eigenvalue weighted by Crippen LogP contribution is 2.30. The third-order valence-electron chi connectivity index (χ3n) is 8.35. The van der Waals surface area contributed by atoms with Crippen LogP contribution in [0.2, 0.25) is 0 Å². The Bertz CT molecular complexity index is 975. The number of likely N-dealkylation sites (tertiary alicyclic amines) is 2. The van der Waals surface area contributed by atoms with Crippen molar-refractivity contribution in [2.45, 2.75) is 51.1 Å². The van der Waals surface area contributed by atoms with Crippen molar-refractivity contribution in [3.63, 3.8) is 0 Å². The van der Waals surface area contributed by atoms with Gasteiger partial charge in [-0.25, -0.2) is 4.39 Å². The molecule has 6 nitrogen and oxygen atoms in total. The van der Waals surface area contributed by atoms with Gasteiger partial charge < -0.3 is 9.80 Å². The smallest absolute Gasteiger partial charge is 0.222 e. The molecule has 0 unspecified atom stereocenters. The van der Waals surface area contributed by atoms with Gasteiger partial charge in [-0.3, -0.25) is 19.6 Å². The average Bonchev–Trinajstić information content (AvgIpc) is 2.93. The van der Waals surface area contributed by atoms with Crippen LogP contribution in [0.4, 0.5) is 10.1 Å². The maximum atomic E-state index is 14.3. The van der Waals surface area contributed by atoms with Gasteiger partial charge in [-0.2, -0.15) is 0 Å². The summed E-state index contributed by atoms with van der Waals surface area (Å²) in [6, 6.07) is 11.8. The first-order chi connectivity index (χ1) is 17.7. The molecular formula is C29H40FN5O. The predicted molar refractivity (Wildman–Crippen MR) is 141 cm³/mol. The summed E-state index contributed by atoms with van der Waals surface area (Å²) in [7, 11) is 0. The summed E-state index contributed by atoms with van der Waals surface area (Å²) < 4.78 is 14.3. The van der Waals surface area contributed by atoms with Crippen LogP contribution in [0.25, 0.3) is 0 Å². The van der Waals surface area contributed by atoms with E-state index in [0.717, 1.165) is 84.6 Å². The minimum absolute atomic E-state index is 0.135. The molecule has 3 fully saturated rings. The maximum absolute atomic E-state index is 14.3. The summed E-state index contributed by atoms with van der Waals surface area (Å²) >= 11 is 0. The summed E-state index contributed by atoms with van der Waals surface area (Å²) in [5, 5.41) is 0. The molecule has 2 aromatic rings. The molecule has 0 bridgehead atoms. The van der Waals surface area contributed by atoms with Crippen LogP contribution in [0.1, 0.15) is 44.1 Å². The normalized spacial score (nSPS) is 24.1. The van der Waals surface area contributed by atoms with Crippen LogP contribution in [0, 0.1) is 11.7 Å². The first-order valence-corrected chi connectivity index (χ1v) is 13.8. The van der Waals surface area contributed by atoms with E-state index in [1.54, 1.807) is 12.1 Å². The van der Waals surface area contributed by atoms with Gasteiger partial charge >= 0.3 is 0 Å². The minimum Gasteiger partial charge on any atom is -0.367 e. The van der Waals surface area contributed by atoms with Crippen LogP contribution in [0.5, 0.6) is 0 Å². The van der Waals surface area contributed by atoms with Crippen LogP contribution in [0.15, 0.2) is 48.8 Å². The molecule has 0 N–H and O–H groups in total. The van der Waals surface area contributed by atoms with Crippen molar-refractivity contribution in [1.82, 2.24) is 19.7 Å². The van der Waals surface area contributed by atoms with E-state index in [-0.39, 0.29) is 5.82 Å². The number of amides is 1. The number of para-hydroxylation sites is 1. The fourth-order valence-electron chi connectivity index (χ4n) is 6.36. The van der Waals surface area contributed by atoms with E-state index in [0.29, 0.717) is 30.0 Å². The Morgan fingerprint density at radius 1 is 0.917 bits per heavy atom. The largest absolute Gasteiger partial charge is 0.367 e. The molecule has 36 heavy (non-hydrogen) atoms. The van der Waals surface area contributed by atoms with Gasteiger partial charge in [-0.15, -0.1) is 0 Å². The van der Waals surface area contributed by atoms with E-state index in [9.17, 15) is 9.18 Å². The Balaban J connectivity index is 1.22. The van der Waals surface area contributed by atoms with Gasteiger partial charge in [0.1, 0.15) is 5.82 Å². The summed E-state index contributed by atoms with van der Waals surface area (Å²) in [5.74, 6) is 0.669. The lowest BCUT2D eigenvalue weighted by molar-refractivity contribution is -0.132. The monoisotopic (exact) mass is 493 g/mol. The number of halogens is 1. The number of carbonyl (C=O) groups is 1. The van der Waals surface area contributed by atoms with Crippen molar-refractivity contribution in [1.29, 1.82) is 0 Å². The van der Waals surface area contributed by atoms with Gasteiger partial charge in [0, 0.05) is 77.2 Å². The average molecular weight is 494 g/mol. The molecule has 2 atom stereocenters. The second kappa shape index (κ2) is 12.2. The first-order valence-electron chi connectivity index (χ1n) is 13.8. The van der Waals surface area contributed by atoms with Crippen LogP contribution in [0.3, 0.4) is 0 Å². The number of piperazine rings is 1. The van der Waals surface area contributed by atoms with E-state index in [2.05, 4.69) is 36.7 Å². The van der Waals surface area contributed by atoms with E-state index >= 15 is 0 Å². The number of carbonyl (C=O) groups excluding carboxylic acids is 1. The highest BCUT2D eigenvalue weighted by Gasteiger charge is 2.35. The molecule has 3 aliphatic rings. The van der Waals surface area contributed by atoms with Crippen molar-refractivity contribution in [3.05, 3.63) is 60.2 Å². The standard InChI is InChI=1S/C29H40FN5O/c30-26-6-2-3-7-28(26)34-20-18-33(19-21-34)27-12-17-32(22-24-10-13-31-14-11-24)23-25(27)8-9-29(36)35-15-4-1-5-16-35/h2-3,6-7,10-11,13-14,25,27H,1,4-5,8-9,12,15-23H2/t25-,27+/m0/s1. The van der Waals surface area contributed by atoms with Gasteiger partial charge in [0.25, 0.3) is 0 Å². The second-order valence-electron chi connectivity index (χ2n) is 10.7. The van der Waals surface area contributed by atoms with Crippen LogP contribution < -0.4 is 4.90 Å². The highest BCUT2D eigenvalue weighted by molar-refractivity contribution is 5.76. The second-order valence-corrected chi connectivity index (χ2v) is 10.7. The van der Waals surface area contributed by atoms with Crippen molar-refractivity contribution in [2.75, 3.05) is 57.3 Å². The number of aromatic nitrogens is 1. The topological polar surface area (TPSA) is 42.9 Å². The number of piperidine rings is 2. The molecule has 1 aromatic carbocycles. The van der Waals surface area contributed by atoms with Crippen molar-refractivity contribution < 1.29 is 9.18 Å². The summed E-state index contributed by atoms with van der Waals surface area (Å²) in [4.78, 5) is 26.6. The number of hydrogen-bond donors (Lipinski definition) is 0. The molecule has 3 aliphatic heterocycles. The lowest BCUT2D eigenvalue weighted by Crippen LogP contribution is -2.57. The Kier molecular flexibility index (Phi) is 8.49. The van der Waals surface area contributed by atoms with E-state index < -0.39 is 0 Å². The molecule has 1 amide bonds. The van der Waals surface area contributed by atoms with E-state index in [1.165, 1.54) is 12.0 Å². The van der Waals surface area contributed by atoms with E-state index in [1.807, 2.05) is 24.5 Å². The van der Waals surface area contributed by atoms with Crippen LogP contribution in [-0.2, 0) is 11.3 Å². The predicted octanol–water partition coefficient (Wildman–Crippen LogP) is 4.03. The van der Waals surface area contributed by atoms with Gasteiger partial charge in [-0.1, -0.05) is 12.1 Å². The number of anilines is 1.